The van der Waals surface area contributed by atoms with Crippen LogP contribution >= 0.6 is 0 Å². The quantitative estimate of drug-likeness (QED) is 0.799. The highest BCUT2D eigenvalue weighted by Gasteiger charge is 2.30. The Morgan fingerprint density at radius 3 is 2.57 bits per heavy atom. The van der Waals surface area contributed by atoms with E-state index in [0.29, 0.717) is 0 Å². The van der Waals surface area contributed by atoms with E-state index in [4.69, 9.17) is 4.74 Å². The molecule has 0 aliphatic rings. The summed E-state index contributed by atoms with van der Waals surface area (Å²) in [5.74, 6) is 0. The normalized spacial score (nSPS) is 17.5. The Labute approximate surface area is 85.5 Å². The summed E-state index contributed by atoms with van der Waals surface area (Å²) < 4.78 is 5.16. The fourth-order valence-electron chi connectivity index (χ4n) is 1.42. The number of rotatable bonds is 3. The molecule has 0 fully saturated rings. The van der Waals surface area contributed by atoms with Gasteiger partial charge in [-0.15, -0.1) is 0 Å². The van der Waals surface area contributed by atoms with Gasteiger partial charge in [-0.1, -0.05) is 29.8 Å². The molecule has 1 aromatic rings. The summed E-state index contributed by atoms with van der Waals surface area (Å²) in [6.45, 7) is 5.65. The Kier molecular flexibility index (Phi) is 3.29. The molecule has 14 heavy (non-hydrogen) atoms. The third-order valence-corrected chi connectivity index (χ3v) is 2.75. The fraction of sp³-hybridized carbons (Fsp3) is 0.500. The van der Waals surface area contributed by atoms with Gasteiger partial charge in [0.05, 0.1) is 6.10 Å². The number of benzene rings is 1. The van der Waals surface area contributed by atoms with Gasteiger partial charge >= 0.3 is 0 Å². The number of ether oxygens (including phenoxy) is 1. The minimum atomic E-state index is -0.930. The average molecular weight is 194 g/mol. The van der Waals surface area contributed by atoms with Gasteiger partial charge in [-0.05, 0) is 26.3 Å². The molecule has 0 aromatic heterocycles. The first-order chi connectivity index (χ1) is 6.48. The van der Waals surface area contributed by atoms with Gasteiger partial charge in [0.25, 0.3) is 0 Å². The maximum atomic E-state index is 10.3. The van der Waals surface area contributed by atoms with Crippen molar-refractivity contribution in [2.24, 2.45) is 0 Å². The molecule has 1 N–H and O–H groups in total. The van der Waals surface area contributed by atoms with Crippen molar-refractivity contribution >= 4 is 0 Å². The first-order valence-electron chi connectivity index (χ1n) is 4.80. The van der Waals surface area contributed by atoms with E-state index in [2.05, 4.69) is 0 Å². The Bertz CT molecular complexity index is 305. The lowest BCUT2D eigenvalue weighted by Crippen LogP contribution is -2.35. The largest absolute Gasteiger partial charge is 0.383 e. The van der Waals surface area contributed by atoms with Crippen LogP contribution in [0.3, 0.4) is 0 Å². The van der Waals surface area contributed by atoms with Crippen LogP contribution in [0.5, 0.6) is 0 Å². The third kappa shape index (κ3) is 2.14. The van der Waals surface area contributed by atoms with E-state index in [9.17, 15) is 5.11 Å². The molecule has 1 aromatic carbocycles. The molecule has 0 radical (unpaired) electrons. The number of hydrogen-bond donors (Lipinski definition) is 1. The molecule has 0 aliphatic carbocycles. The molecule has 0 amide bonds. The van der Waals surface area contributed by atoms with E-state index in [1.165, 1.54) is 0 Å². The molecule has 0 saturated carbocycles. The summed E-state index contributed by atoms with van der Waals surface area (Å²) in [6, 6.07) is 7.86. The predicted molar refractivity (Wildman–Crippen MR) is 57.2 cm³/mol. The lowest BCUT2D eigenvalue weighted by molar-refractivity contribution is -0.0772. The molecular weight excluding hydrogens is 176 g/mol. The van der Waals surface area contributed by atoms with Gasteiger partial charge in [-0.25, -0.2) is 0 Å². The highest BCUT2D eigenvalue weighted by Crippen LogP contribution is 2.26. The zero-order chi connectivity index (χ0) is 10.8. The summed E-state index contributed by atoms with van der Waals surface area (Å²) >= 11 is 0. The van der Waals surface area contributed by atoms with Crippen molar-refractivity contribution in [3.63, 3.8) is 0 Å². The predicted octanol–water partition coefficient (Wildman–Crippen LogP) is 2.24. The first kappa shape index (κ1) is 11.2. The van der Waals surface area contributed by atoms with Crippen LogP contribution in [0.25, 0.3) is 0 Å². The van der Waals surface area contributed by atoms with Crippen molar-refractivity contribution in [2.75, 3.05) is 7.11 Å². The van der Waals surface area contributed by atoms with E-state index in [1.54, 1.807) is 14.0 Å². The highest BCUT2D eigenvalue weighted by atomic mass is 16.5. The lowest BCUT2D eigenvalue weighted by atomic mass is 9.90. The number of aliphatic hydroxyl groups is 1. The zero-order valence-corrected chi connectivity index (χ0v) is 9.24. The van der Waals surface area contributed by atoms with Gasteiger partial charge < -0.3 is 9.84 Å². The van der Waals surface area contributed by atoms with Gasteiger partial charge in [-0.2, -0.15) is 0 Å². The molecule has 0 aliphatic heterocycles. The molecule has 78 valence electrons. The summed E-state index contributed by atoms with van der Waals surface area (Å²) in [4.78, 5) is 0. The topological polar surface area (TPSA) is 29.5 Å². The van der Waals surface area contributed by atoms with Crippen LogP contribution in [0.1, 0.15) is 25.0 Å². The molecule has 0 saturated heterocycles. The van der Waals surface area contributed by atoms with Crippen molar-refractivity contribution in [1.82, 2.24) is 0 Å². The maximum absolute atomic E-state index is 10.3. The number of hydrogen-bond acceptors (Lipinski definition) is 2. The van der Waals surface area contributed by atoms with Crippen molar-refractivity contribution in [3.8, 4) is 0 Å². The smallest absolute Gasteiger partial charge is 0.113 e. The van der Waals surface area contributed by atoms with Gasteiger partial charge in [0.1, 0.15) is 5.60 Å². The van der Waals surface area contributed by atoms with E-state index in [-0.39, 0.29) is 6.10 Å². The summed E-state index contributed by atoms with van der Waals surface area (Å²) in [7, 11) is 1.61. The zero-order valence-electron chi connectivity index (χ0n) is 9.24. The minimum absolute atomic E-state index is 0.218. The Morgan fingerprint density at radius 2 is 2.07 bits per heavy atom. The van der Waals surface area contributed by atoms with E-state index in [1.807, 2.05) is 38.1 Å². The molecule has 2 unspecified atom stereocenters. The monoisotopic (exact) mass is 194 g/mol. The van der Waals surface area contributed by atoms with Crippen molar-refractivity contribution < 1.29 is 9.84 Å². The van der Waals surface area contributed by atoms with Crippen LogP contribution in [0.2, 0.25) is 0 Å². The summed E-state index contributed by atoms with van der Waals surface area (Å²) in [5, 5.41) is 10.3. The molecule has 0 heterocycles. The SMILES string of the molecule is COC(C)C(C)(O)c1cccc(C)c1. The van der Waals surface area contributed by atoms with Gasteiger partial charge in [-0.3, -0.25) is 0 Å². The van der Waals surface area contributed by atoms with Gasteiger partial charge in [0.2, 0.25) is 0 Å². The van der Waals surface area contributed by atoms with Crippen LogP contribution < -0.4 is 0 Å². The second kappa shape index (κ2) is 4.11. The Balaban J connectivity index is 3.03. The highest BCUT2D eigenvalue weighted by molar-refractivity contribution is 5.27. The second-order valence-electron chi connectivity index (χ2n) is 3.89. The van der Waals surface area contributed by atoms with Crippen LogP contribution in [0.15, 0.2) is 24.3 Å². The molecule has 2 heteroatoms. The van der Waals surface area contributed by atoms with Crippen LogP contribution in [-0.2, 0) is 10.3 Å². The van der Waals surface area contributed by atoms with Gasteiger partial charge in [0.15, 0.2) is 0 Å². The average Bonchev–Trinajstić information content (AvgIpc) is 2.16. The summed E-state index contributed by atoms with van der Waals surface area (Å²) in [5.41, 5.74) is 1.11. The second-order valence-corrected chi connectivity index (χ2v) is 3.89. The minimum Gasteiger partial charge on any atom is -0.383 e. The van der Waals surface area contributed by atoms with Crippen LogP contribution in [0.4, 0.5) is 0 Å². The van der Waals surface area contributed by atoms with Crippen molar-refractivity contribution in [1.29, 1.82) is 0 Å². The first-order valence-corrected chi connectivity index (χ1v) is 4.80. The maximum Gasteiger partial charge on any atom is 0.113 e. The van der Waals surface area contributed by atoms with Crippen molar-refractivity contribution in [3.05, 3.63) is 35.4 Å². The standard InChI is InChI=1S/C12H18O2/c1-9-6-5-7-11(8-9)12(3,13)10(2)14-4/h5-8,10,13H,1-4H3. The third-order valence-electron chi connectivity index (χ3n) is 2.75. The summed E-state index contributed by atoms with van der Waals surface area (Å²) in [6.07, 6.45) is -0.218. The van der Waals surface area contributed by atoms with Crippen LogP contribution in [0, 0.1) is 6.92 Å². The molecule has 2 atom stereocenters. The molecular formula is C12H18O2. The lowest BCUT2D eigenvalue weighted by Gasteiger charge is -2.29. The van der Waals surface area contributed by atoms with E-state index < -0.39 is 5.60 Å². The van der Waals surface area contributed by atoms with Crippen LogP contribution in [-0.4, -0.2) is 18.3 Å². The number of methoxy groups -OCH3 is 1. The van der Waals surface area contributed by atoms with Gasteiger partial charge in [0, 0.05) is 7.11 Å². The van der Waals surface area contributed by atoms with E-state index in [0.717, 1.165) is 11.1 Å². The fourth-order valence-corrected chi connectivity index (χ4v) is 1.42. The van der Waals surface area contributed by atoms with Crippen molar-refractivity contribution in [2.45, 2.75) is 32.5 Å². The number of aryl methyl sites for hydroxylation is 1. The molecule has 1 rings (SSSR count). The molecule has 0 bridgehead atoms. The van der Waals surface area contributed by atoms with E-state index >= 15 is 0 Å². The molecule has 2 nitrogen and oxygen atoms in total. The Hall–Kier alpha value is -0.860. The molecule has 0 spiro atoms. The Morgan fingerprint density at radius 1 is 1.43 bits per heavy atom.